The summed E-state index contributed by atoms with van der Waals surface area (Å²) < 4.78 is 2.67. The molecule has 2 aromatic rings. The van der Waals surface area contributed by atoms with Gasteiger partial charge in [-0.2, -0.15) is 5.10 Å². The van der Waals surface area contributed by atoms with E-state index in [2.05, 4.69) is 32.9 Å². The van der Waals surface area contributed by atoms with E-state index in [1.165, 1.54) is 0 Å². The van der Waals surface area contributed by atoms with E-state index in [-0.39, 0.29) is 6.04 Å². The molecule has 0 saturated heterocycles. The number of nitrogens with zero attached hydrogens (tertiary/aromatic N) is 2. The first kappa shape index (κ1) is 15.0. The van der Waals surface area contributed by atoms with Crippen molar-refractivity contribution in [2.75, 3.05) is 0 Å². The molecule has 2 N–H and O–H groups in total. The van der Waals surface area contributed by atoms with Crippen LogP contribution in [0.15, 0.2) is 47.7 Å². The molecular formula is C15H18BrN3O. The highest BCUT2D eigenvalue weighted by Crippen LogP contribution is 2.19. The quantitative estimate of drug-likeness (QED) is 0.853. The first-order valence-electron chi connectivity index (χ1n) is 6.42. The van der Waals surface area contributed by atoms with Crippen LogP contribution in [0.3, 0.4) is 0 Å². The Bertz CT molecular complexity index is 565. The fourth-order valence-corrected chi connectivity index (χ4v) is 2.17. The third kappa shape index (κ3) is 3.79. The molecule has 0 bridgehead atoms. The molecule has 0 aliphatic rings. The van der Waals surface area contributed by atoms with Crippen LogP contribution >= 0.6 is 15.9 Å². The molecule has 0 aliphatic heterocycles. The van der Waals surface area contributed by atoms with E-state index in [4.69, 9.17) is 0 Å². The number of hydrogen-bond acceptors (Lipinski definition) is 3. The first-order chi connectivity index (χ1) is 9.60. The number of halogens is 1. The minimum atomic E-state index is -0.544. The van der Waals surface area contributed by atoms with Crippen LogP contribution in [0.25, 0.3) is 6.20 Å². The molecule has 106 valence electrons. The Morgan fingerprint density at radius 3 is 2.75 bits per heavy atom. The standard InChI is InChI=1S/C15H18BrN3O/c1-3-19-10-12(9-18-19)8-17-11(2)15(20)13-4-6-14(16)7-5-13/h3-7,9-11,15,17,20H,1,8H2,2H3/t11-,15+/m0/s1. The predicted octanol–water partition coefficient (Wildman–Crippen LogP) is 2.96. The lowest BCUT2D eigenvalue weighted by Gasteiger charge is -2.20. The summed E-state index contributed by atoms with van der Waals surface area (Å²) >= 11 is 3.39. The zero-order valence-electron chi connectivity index (χ0n) is 11.3. The van der Waals surface area contributed by atoms with Crippen LogP contribution in [0.2, 0.25) is 0 Å². The molecule has 1 aromatic carbocycles. The first-order valence-corrected chi connectivity index (χ1v) is 7.22. The Hall–Kier alpha value is -1.43. The number of rotatable bonds is 6. The van der Waals surface area contributed by atoms with E-state index >= 15 is 0 Å². The normalized spacial score (nSPS) is 13.9. The molecule has 0 fully saturated rings. The van der Waals surface area contributed by atoms with E-state index in [1.807, 2.05) is 37.4 Å². The number of aliphatic hydroxyl groups is 1. The van der Waals surface area contributed by atoms with Gasteiger partial charge < -0.3 is 10.4 Å². The van der Waals surface area contributed by atoms with Gasteiger partial charge in [-0.05, 0) is 24.6 Å². The second-order valence-electron chi connectivity index (χ2n) is 4.68. The fourth-order valence-electron chi connectivity index (χ4n) is 1.91. The fraction of sp³-hybridized carbons (Fsp3) is 0.267. The van der Waals surface area contributed by atoms with Gasteiger partial charge in [0, 0.05) is 35.0 Å². The Labute approximate surface area is 127 Å². The molecule has 0 radical (unpaired) electrons. The highest BCUT2D eigenvalue weighted by atomic mass is 79.9. The predicted molar refractivity (Wildman–Crippen MR) is 84.0 cm³/mol. The van der Waals surface area contributed by atoms with E-state index in [0.29, 0.717) is 6.54 Å². The molecular weight excluding hydrogens is 318 g/mol. The van der Waals surface area contributed by atoms with E-state index < -0.39 is 6.10 Å². The van der Waals surface area contributed by atoms with E-state index in [9.17, 15) is 5.11 Å². The van der Waals surface area contributed by atoms with E-state index in [1.54, 1.807) is 17.1 Å². The number of benzene rings is 1. The van der Waals surface area contributed by atoms with Crippen molar-refractivity contribution in [2.24, 2.45) is 0 Å². The third-order valence-corrected chi connectivity index (χ3v) is 3.68. The molecule has 2 atom stereocenters. The molecule has 1 heterocycles. The number of hydrogen-bond donors (Lipinski definition) is 2. The average molecular weight is 336 g/mol. The number of aliphatic hydroxyl groups excluding tert-OH is 1. The summed E-state index contributed by atoms with van der Waals surface area (Å²) in [4.78, 5) is 0. The van der Waals surface area contributed by atoms with Crippen molar-refractivity contribution >= 4 is 22.1 Å². The van der Waals surface area contributed by atoms with Crippen LogP contribution in [-0.2, 0) is 6.54 Å². The maximum absolute atomic E-state index is 10.3. The number of nitrogens with one attached hydrogen (secondary N) is 1. The highest BCUT2D eigenvalue weighted by Gasteiger charge is 2.15. The lowest BCUT2D eigenvalue weighted by molar-refractivity contribution is 0.135. The summed E-state index contributed by atoms with van der Waals surface area (Å²) in [6, 6.07) is 7.65. The zero-order valence-corrected chi connectivity index (χ0v) is 12.9. The Balaban J connectivity index is 1.92. The molecule has 2 rings (SSSR count). The summed E-state index contributed by atoms with van der Waals surface area (Å²) in [5.74, 6) is 0. The number of aromatic nitrogens is 2. The van der Waals surface area contributed by atoms with Gasteiger partial charge in [0.1, 0.15) is 0 Å². The van der Waals surface area contributed by atoms with Crippen LogP contribution in [-0.4, -0.2) is 20.9 Å². The van der Waals surface area contributed by atoms with Gasteiger partial charge in [0.2, 0.25) is 0 Å². The summed E-state index contributed by atoms with van der Waals surface area (Å²) in [6.45, 7) is 6.27. The zero-order chi connectivity index (χ0) is 14.5. The van der Waals surface area contributed by atoms with Crippen molar-refractivity contribution in [3.8, 4) is 0 Å². The minimum Gasteiger partial charge on any atom is -0.387 e. The van der Waals surface area contributed by atoms with Crippen LogP contribution in [0.4, 0.5) is 0 Å². The van der Waals surface area contributed by atoms with Crippen LogP contribution < -0.4 is 5.32 Å². The monoisotopic (exact) mass is 335 g/mol. The van der Waals surface area contributed by atoms with Crippen molar-refractivity contribution in [2.45, 2.75) is 25.6 Å². The van der Waals surface area contributed by atoms with E-state index in [0.717, 1.165) is 15.6 Å². The van der Waals surface area contributed by atoms with Gasteiger partial charge in [-0.3, -0.25) is 0 Å². The largest absolute Gasteiger partial charge is 0.387 e. The Kier molecular flexibility index (Phi) is 5.11. The molecule has 0 saturated carbocycles. The summed E-state index contributed by atoms with van der Waals surface area (Å²) in [5.41, 5.74) is 1.95. The van der Waals surface area contributed by atoms with Crippen molar-refractivity contribution in [3.63, 3.8) is 0 Å². The average Bonchev–Trinajstić information content (AvgIpc) is 2.93. The van der Waals surface area contributed by atoms with Gasteiger partial charge in [0.15, 0.2) is 0 Å². The summed E-state index contributed by atoms with van der Waals surface area (Å²) in [7, 11) is 0. The Morgan fingerprint density at radius 1 is 1.45 bits per heavy atom. The molecule has 0 amide bonds. The van der Waals surface area contributed by atoms with Gasteiger partial charge in [-0.1, -0.05) is 34.6 Å². The molecule has 5 heteroatoms. The SMILES string of the molecule is C=Cn1cc(CN[C@@H](C)[C@@H](O)c2ccc(Br)cc2)cn1. The molecule has 4 nitrogen and oxygen atoms in total. The highest BCUT2D eigenvalue weighted by molar-refractivity contribution is 9.10. The van der Waals surface area contributed by atoms with Gasteiger partial charge in [-0.15, -0.1) is 0 Å². The van der Waals surface area contributed by atoms with Crippen LogP contribution in [0, 0.1) is 0 Å². The smallest absolute Gasteiger partial charge is 0.0940 e. The topological polar surface area (TPSA) is 50.1 Å². The summed E-state index contributed by atoms with van der Waals surface area (Å²) in [6.07, 6.45) is 4.79. The maximum atomic E-state index is 10.3. The lowest BCUT2D eigenvalue weighted by Crippen LogP contribution is -2.31. The lowest BCUT2D eigenvalue weighted by atomic mass is 10.0. The van der Waals surface area contributed by atoms with Crippen LogP contribution in [0.5, 0.6) is 0 Å². The van der Waals surface area contributed by atoms with Crippen molar-refractivity contribution in [1.82, 2.24) is 15.1 Å². The molecule has 1 aromatic heterocycles. The molecule has 0 unspecified atom stereocenters. The third-order valence-electron chi connectivity index (χ3n) is 3.16. The van der Waals surface area contributed by atoms with Gasteiger partial charge in [0.05, 0.1) is 12.3 Å². The Morgan fingerprint density at radius 2 is 2.15 bits per heavy atom. The summed E-state index contributed by atoms with van der Waals surface area (Å²) in [5, 5.41) is 17.7. The van der Waals surface area contributed by atoms with Gasteiger partial charge >= 0.3 is 0 Å². The van der Waals surface area contributed by atoms with Crippen molar-refractivity contribution < 1.29 is 5.11 Å². The molecule has 20 heavy (non-hydrogen) atoms. The van der Waals surface area contributed by atoms with Crippen LogP contribution in [0.1, 0.15) is 24.2 Å². The maximum Gasteiger partial charge on any atom is 0.0940 e. The van der Waals surface area contributed by atoms with Gasteiger partial charge in [0.25, 0.3) is 0 Å². The second kappa shape index (κ2) is 6.83. The molecule has 0 aliphatic carbocycles. The van der Waals surface area contributed by atoms with Crippen molar-refractivity contribution in [3.05, 3.63) is 58.8 Å². The second-order valence-corrected chi connectivity index (χ2v) is 5.59. The van der Waals surface area contributed by atoms with Gasteiger partial charge in [-0.25, -0.2) is 4.68 Å². The molecule has 0 spiro atoms. The van der Waals surface area contributed by atoms with Crippen molar-refractivity contribution in [1.29, 1.82) is 0 Å². The minimum absolute atomic E-state index is 0.0525.